The van der Waals surface area contributed by atoms with E-state index in [1.807, 2.05) is 0 Å². The van der Waals surface area contributed by atoms with E-state index in [9.17, 15) is 9.59 Å². The molecule has 9 heteroatoms. The maximum Gasteiger partial charge on any atom is 0.274 e. The van der Waals surface area contributed by atoms with Gasteiger partial charge in [-0.1, -0.05) is 58.5 Å². The summed E-state index contributed by atoms with van der Waals surface area (Å²) in [6.45, 7) is 0.280. The Kier molecular flexibility index (Phi) is 6.52. The van der Waals surface area contributed by atoms with Crippen molar-refractivity contribution in [1.82, 2.24) is 15.2 Å². The molecule has 0 saturated heterocycles. The predicted octanol–water partition coefficient (Wildman–Crippen LogP) is 4.33. The first-order valence-corrected chi connectivity index (χ1v) is 8.54. The van der Waals surface area contributed by atoms with Gasteiger partial charge in [0, 0.05) is 26.2 Å². The summed E-state index contributed by atoms with van der Waals surface area (Å²) in [4.78, 5) is 29.4. The van der Waals surface area contributed by atoms with E-state index in [4.69, 9.17) is 46.4 Å². The molecule has 0 saturated carbocycles. The average Bonchev–Trinajstić information content (AvgIpc) is 2.62. The van der Waals surface area contributed by atoms with Gasteiger partial charge in [0.15, 0.2) is 0 Å². The third-order valence-corrected chi connectivity index (χ3v) is 5.07. The quantitative estimate of drug-likeness (QED) is 0.748. The number of nitrogens with zero attached hydrogens (tertiary/aromatic N) is 2. The molecular weight excluding hydrogens is 408 g/mol. The monoisotopic (exact) mass is 419 g/mol. The fourth-order valence-electron chi connectivity index (χ4n) is 2.06. The van der Waals surface area contributed by atoms with E-state index in [-0.39, 0.29) is 38.4 Å². The SMILES string of the molecule is CNC(=O)c1ccc(CN(C)C(=O)c2nc(Cl)c(Cl)c(Cl)c2Cl)cc1. The smallest absolute Gasteiger partial charge is 0.274 e. The fraction of sp³-hybridized carbons (Fsp3) is 0.188. The minimum atomic E-state index is -0.458. The molecule has 0 atom stereocenters. The number of rotatable bonds is 4. The lowest BCUT2D eigenvalue weighted by molar-refractivity contribution is 0.0779. The van der Waals surface area contributed by atoms with E-state index in [0.29, 0.717) is 5.56 Å². The number of hydrogen-bond acceptors (Lipinski definition) is 3. The Balaban J connectivity index is 2.20. The van der Waals surface area contributed by atoms with E-state index in [1.165, 1.54) is 4.90 Å². The molecule has 0 radical (unpaired) electrons. The lowest BCUT2D eigenvalue weighted by atomic mass is 10.1. The second-order valence-electron chi connectivity index (χ2n) is 5.13. The molecule has 2 rings (SSSR count). The van der Waals surface area contributed by atoms with Crippen molar-refractivity contribution in [2.24, 2.45) is 0 Å². The van der Waals surface area contributed by atoms with Crippen molar-refractivity contribution in [2.45, 2.75) is 6.54 Å². The summed E-state index contributed by atoms with van der Waals surface area (Å²) < 4.78 is 0. The van der Waals surface area contributed by atoms with Gasteiger partial charge in [-0.15, -0.1) is 0 Å². The van der Waals surface area contributed by atoms with Crippen molar-refractivity contribution >= 4 is 58.2 Å². The van der Waals surface area contributed by atoms with Gasteiger partial charge < -0.3 is 10.2 Å². The van der Waals surface area contributed by atoms with Crippen molar-refractivity contribution in [3.8, 4) is 0 Å². The Hall–Kier alpha value is -1.53. The van der Waals surface area contributed by atoms with Crippen molar-refractivity contribution in [3.05, 3.63) is 61.3 Å². The van der Waals surface area contributed by atoms with Gasteiger partial charge in [0.25, 0.3) is 11.8 Å². The van der Waals surface area contributed by atoms with Crippen LogP contribution in [0, 0.1) is 0 Å². The predicted molar refractivity (Wildman–Crippen MR) is 99.9 cm³/mol. The van der Waals surface area contributed by atoms with Crippen molar-refractivity contribution in [3.63, 3.8) is 0 Å². The molecule has 25 heavy (non-hydrogen) atoms. The van der Waals surface area contributed by atoms with Gasteiger partial charge >= 0.3 is 0 Å². The minimum Gasteiger partial charge on any atom is -0.355 e. The first-order chi connectivity index (χ1) is 11.8. The summed E-state index contributed by atoms with van der Waals surface area (Å²) in [5.74, 6) is -0.641. The zero-order chi connectivity index (χ0) is 18.7. The van der Waals surface area contributed by atoms with Crippen LogP contribution in [0.3, 0.4) is 0 Å². The van der Waals surface area contributed by atoms with Crippen LogP contribution in [0.1, 0.15) is 26.4 Å². The summed E-state index contributed by atoms with van der Waals surface area (Å²) in [5.41, 5.74) is 1.28. The van der Waals surface area contributed by atoms with E-state index in [0.717, 1.165) is 5.56 Å². The van der Waals surface area contributed by atoms with Crippen LogP contribution in [-0.4, -0.2) is 35.8 Å². The molecule has 0 bridgehead atoms. The van der Waals surface area contributed by atoms with Crippen LogP contribution < -0.4 is 5.32 Å². The van der Waals surface area contributed by atoms with Gasteiger partial charge in [0.05, 0.1) is 15.1 Å². The summed E-state index contributed by atoms with van der Waals surface area (Å²) >= 11 is 23.7. The summed E-state index contributed by atoms with van der Waals surface area (Å²) in [7, 11) is 3.14. The van der Waals surface area contributed by atoms with Crippen molar-refractivity contribution in [1.29, 1.82) is 0 Å². The van der Waals surface area contributed by atoms with Crippen LogP contribution in [0.2, 0.25) is 20.2 Å². The first kappa shape index (κ1) is 19.8. The highest BCUT2D eigenvalue weighted by Gasteiger charge is 2.23. The highest BCUT2D eigenvalue weighted by atomic mass is 35.5. The highest BCUT2D eigenvalue weighted by molar-refractivity contribution is 6.52. The molecule has 0 aliphatic rings. The van der Waals surface area contributed by atoms with E-state index in [2.05, 4.69) is 10.3 Å². The number of halogens is 4. The molecule has 2 amide bonds. The van der Waals surface area contributed by atoms with Crippen LogP contribution in [0.5, 0.6) is 0 Å². The van der Waals surface area contributed by atoms with Gasteiger partial charge in [-0.2, -0.15) is 0 Å². The molecule has 0 fully saturated rings. The number of carbonyl (C=O) groups excluding carboxylic acids is 2. The van der Waals surface area contributed by atoms with Crippen LogP contribution in [-0.2, 0) is 6.54 Å². The molecule has 1 heterocycles. The molecule has 0 spiro atoms. The largest absolute Gasteiger partial charge is 0.355 e. The maximum absolute atomic E-state index is 12.6. The maximum atomic E-state index is 12.6. The van der Waals surface area contributed by atoms with Crippen LogP contribution in [0.4, 0.5) is 0 Å². The molecule has 0 unspecified atom stereocenters. The summed E-state index contributed by atoms with van der Waals surface area (Å²) in [5, 5.41) is 2.37. The molecule has 5 nitrogen and oxygen atoms in total. The Morgan fingerprint density at radius 3 is 2.20 bits per heavy atom. The second kappa shape index (κ2) is 8.23. The van der Waals surface area contributed by atoms with E-state index in [1.54, 1.807) is 38.4 Å². The topological polar surface area (TPSA) is 62.3 Å². The van der Waals surface area contributed by atoms with Gasteiger partial charge in [-0.3, -0.25) is 9.59 Å². The van der Waals surface area contributed by atoms with E-state index >= 15 is 0 Å². The molecular formula is C16H13Cl4N3O2. The number of pyridine rings is 1. The summed E-state index contributed by atoms with van der Waals surface area (Å²) in [6, 6.07) is 6.86. The third kappa shape index (κ3) is 4.36. The Morgan fingerprint density at radius 2 is 1.64 bits per heavy atom. The molecule has 2 aromatic rings. The molecule has 0 aliphatic carbocycles. The highest BCUT2D eigenvalue weighted by Crippen LogP contribution is 2.36. The van der Waals surface area contributed by atoms with Crippen LogP contribution in [0.15, 0.2) is 24.3 Å². The normalized spacial score (nSPS) is 10.5. The van der Waals surface area contributed by atoms with Crippen LogP contribution in [0.25, 0.3) is 0 Å². The molecule has 1 aromatic carbocycles. The van der Waals surface area contributed by atoms with Gasteiger partial charge in [0.1, 0.15) is 10.8 Å². The zero-order valence-electron chi connectivity index (χ0n) is 13.2. The first-order valence-electron chi connectivity index (χ1n) is 7.02. The van der Waals surface area contributed by atoms with Gasteiger partial charge in [-0.25, -0.2) is 4.98 Å². The Bertz CT molecular complexity index is 825. The molecule has 1 N–H and O–H groups in total. The average molecular weight is 421 g/mol. The minimum absolute atomic E-state index is 0.00248. The fourth-order valence-corrected chi connectivity index (χ4v) is 2.87. The summed E-state index contributed by atoms with van der Waals surface area (Å²) in [6.07, 6.45) is 0. The standard InChI is InChI=1S/C16H13Cl4N3O2/c1-21-15(24)9-5-3-8(4-6-9)7-23(2)16(25)13-11(18)10(17)12(19)14(20)22-13/h3-6H,7H2,1-2H3,(H,21,24). The zero-order valence-corrected chi connectivity index (χ0v) is 16.3. The molecule has 0 aliphatic heterocycles. The third-order valence-electron chi connectivity index (χ3n) is 3.40. The number of benzene rings is 1. The number of nitrogens with one attached hydrogen (secondary N) is 1. The van der Waals surface area contributed by atoms with Crippen LogP contribution >= 0.6 is 46.4 Å². The van der Waals surface area contributed by atoms with E-state index < -0.39 is 5.91 Å². The number of aromatic nitrogens is 1. The number of carbonyl (C=O) groups is 2. The Labute approximate surface area is 164 Å². The Morgan fingerprint density at radius 1 is 1.04 bits per heavy atom. The van der Waals surface area contributed by atoms with Gasteiger partial charge in [0.2, 0.25) is 0 Å². The lowest BCUT2D eigenvalue weighted by Crippen LogP contribution is -2.27. The van der Waals surface area contributed by atoms with Gasteiger partial charge in [-0.05, 0) is 17.7 Å². The molecule has 1 aromatic heterocycles. The van der Waals surface area contributed by atoms with Crippen molar-refractivity contribution in [2.75, 3.05) is 14.1 Å². The second-order valence-corrected chi connectivity index (χ2v) is 6.62. The van der Waals surface area contributed by atoms with Crippen molar-refractivity contribution < 1.29 is 9.59 Å². The molecule has 132 valence electrons. The lowest BCUT2D eigenvalue weighted by Gasteiger charge is -2.18. The number of amides is 2. The number of hydrogen-bond donors (Lipinski definition) is 1.